The molecule has 2 heterocycles. The summed E-state index contributed by atoms with van der Waals surface area (Å²) in [5.74, 6) is -0.267. The molecule has 0 aliphatic carbocycles. The number of carbonyl (C=O) groups excluding carboxylic acids is 2. The van der Waals surface area contributed by atoms with Crippen molar-refractivity contribution in [3.8, 4) is 0 Å². The van der Waals surface area contributed by atoms with Gasteiger partial charge in [0.15, 0.2) is 0 Å². The van der Waals surface area contributed by atoms with Gasteiger partial charge in [-0.3, -0.25) is 14.5 Å². The number of likely N-dealkylation sites (tertiary alicyclic amines) is 2. The summed E-state index contributed by atoms with van der Waals surface area (Å²) in [4.78, 5) is 29.1. The number of halogens is 2. The minimum absolute atomic E-state index is 0.0751. The number of piperidine rings is 1. The molecular formula is C19H25ClFN3O2. The molecule has 2 amide bonds. The van der Waals surface area contributed by atoms with Crippen LogP contribution in [0.5, 0.6) is 0 Å². The van der Waals surface area contributed by atoms with Gasteiger partial charge in [-0.1, -0.05) is 11.6 Å². The third-order valence-corrected chi connectivity index (χ3v) is 5.73. The zero-order valence-electron chi connectivity index (χ0n) is 15.0. The van der Waals surface area contributed by atoms with Crippen LogP contribution in [0.25, 0.3) is 0 Å². The molecule has 1 atom stereocenters. The monoisotopic (exact) mass is 381 g/mol. The Morgan fingerprint density at radius 1 is 1.19 bits per heavy atom. The predicted octanol–water partition coefficient (Wildman–Crippen LogP) is 3.14. The molecule has 0 aromatic heterocycles. The van der Waals surface area contributed by atoms with E-state index in [-0.39, 0.29) is 28.8 Å². The summed E-state index contributed by atoms with van der Waals surface area (Å²) in [6.07, 6.45) is 3.77. The van der Waals surface area contributed by atoms with E-state index >= 15 is 0 Å². The van der Waals surface area contributed by atoms with E-state index in [1.54, 1.807) is 0 Å². The minimum atomic E-state index is -0.439. The first kappa shape index (κ1) is 19.1. The summed E-state index contributed by atoms with van der Waals surface area (Å²) in [6.45, 7) is 5.05. The van der Waals surface area contributed by atoms with Crippen LogP contribution in [0.2, 0.25) is 5.02 Å². The number of nitrogens with one attached hydrogen (secondary N) is 1. The van der Waals surface area contributed by atoms with Gasteiger partial charge in [-0.05, 0) is 63.9 Å². The highest BCUT2D eigenvalue weighted by atomic mass is 35.5. The van der Waals surface area contributed by atoms with Crippen LogP contribution in [0.4, 0.5) is 10.1 Å². The molecular weight excluding hydrogens is 357 g/mol. The van der Waals surface area contributed by atoms with Gasteiger partial charge in [-0.25, -0.2) is 4.39 Å². The Hall–Kier alpha value is -1.66. The molecule has 5 nitrogen and oxygen atoms in total. The molecule has 2 saturated heterocycles. The van der Waals surface area contributed by atoms with E-state index in [9.17, 15) is 14.0 Å². The number of hydrogen-bond acceptors (Lipinski definition) is 3. The van der Waals surface area contributed by atoms with Gasteiger partial charge in [0, 0.05) is 19.0 Å². The van der Waals surface area contributed by atoms with Crippen LogP contribution >= 0.6 is 11.6 Å². The van der Waals surface area contributed by atoms with Crippen LogP contribution in [0.3, 0.4) is 0 Å². The average molecular weight is 382 g/mol. The summed E-state index contributed by atoms with van der Waals surface area (Å²) < 4.78 is 13.1. The fraction of sp³-hybridized carbons (Fsp3) is 0.579. The lowest BCUT2D eigenvalue weighted by Gasteiger charge is -2.36. The van der Waals surface area contributed by atoms with E-state index in [1.807, 2.05) is 11.8 Å². The van der Waals surface area contributed by atoms with Crippen molar-refractivity contribution in [1.29, 1.82) is 0 Å². The summed E-state index contributed by atoms with van der Waals surface area (Å²) in [5, 5.41) is 2.94. The zero-order valence-corrected chi connectivity index (χ0v) is 15.8. The Morgan fingerprint density at radius 2 is 1.85 bits per heavy atom. The zero-order chi connectivity index (χ0) is 18.7. The molecule has 7 heteroatoms. The fourth-order valence-corrected chi connectivity index (χ4v) is 3.94. The Labute approximate surface area is 158 Å². The van der Waals surface area contributed by atoms with Crippen molar-refractivity contribution in [2.45, 2.75) is 38.6 Å². The number of hydrogen-bond donors (Lipinski definition) is 1. The molecule has 26 heavy (non-hydrogen) atoms. The van der Waals surface area contributed by atoms with Crippen molar-refractivity contribution in [2.75, 3.05) is 31.5 Å². The maximum Gasteiger partial charge on any atom is 0.241 e. The molecule has 2 fully saturated rings. The lowest BCUT2D eigenvalue weighted by atomic mass is 9.94. The predicted molar refractivity (Wildman–Crippen MR) is 99.6 cm³/mol. The van der Waals surface area contributed by atoms with E-state index in [4.69, 9.17) is 11.6 Å². The Morgan fingerprint density at radius 3 is 2.46 bits per heavy atom. The third-order valence-electron chi connectivity index (χ3n) is 5.41. The van der Waals surface area contributed by atoms with Gasteiger partial charge in [0.1, 0.15) is 5.82 Å². The highest BCUT2D eigenvalue weighted by Crippen LogP contribution is 2.25. The Kier molecular flexibility index (Phi) is 6.14. The maximum atomic E-state index is 13.1. The molecule has 1 N–H and O–H groups in total. The molecule has 1 aromatic rings. The van der Waals surface area contributed by atoms with Crippen molar-refractivity contribution >= 4 is 29.1 Å². The molecule has 142 valence electrons. The molecule has 2 aliphatic heterocycles. The van der Waals surface area contributed by atoms with Crippen molar-refractivity contribution in [2.24, 2.45) is 5.92 Å². The highest BCUT2D eigenvalue weighted by Gasteiger charge is 2.32. The number of anilines is 1. The summed E-state index contributed by atoms with van der Waals surface area (Å²) in [6, 6.07) is 3.57. The second kappa shape index (κ2) is 8.35. The number of amides is 2. The van der Waals surface area contributed by atoms with Crippen LogP contribution in [0.15, 0.2) is 18.2 Å². The summed E-state index contributed by atoms with van der Waals surface area (Å²) >= 11 is 5.97. The molecule has 0 saturated carbocycles. The van der Waals surface area contributed by atoms with E-state index in [0.29, 0.717) is 5.69 Å². The highest BCUT2D eigenvalue weighted by molar-refractivity contribution is 6.33. The van der Waals surface area contributed by atoms with Crippen molar-refractivity contribution in [3.05, 3.63) is 29.0 Å². The molecule has 1 unspecified atom stereocenters. The van der Waals surface area contributed by atoms with Gasteiger partial charge in [0.2, 0.25) is 11.8 Å². The van der Waals surface area contributed by atoms with Gasteiger partial charge >= 0.3 is 0 Å². The first-order chi connectivity index (χ1) is 12.5. The molecule has 0 bridgehead atoms. The average Bonchev–Trinajstić information content (AvgIpc) is 3.17. The van der Waals surface area contributed by atoms with Crippen molar-refractivity contribution < 1.29 is 14.0 Å². The van der Waals surface area contributed by atoms with E-state index in [1.165, 1.54) is 18.2 Å². The van der Waals surface area contributed by atoms with Crippen molar-refractivity contribution in [3.63, 3.8) is 0 Å². The largest absolute Gasteiger partial charge is 0.342 e. The number of rotatable bonds is 4. The third kappa shape index (κ3) is 4.35. The smallest absolute Gasteiger partial charge is 0.241 e. The van der Waals surface area contributed by atoms with Gasteiger partial charge in [-0.15, -0.1) is 0 Å². The van der Waals surface area contributed by atoms with Crippen LogP contribution in [-0.2, 0) is 9.59 Å². The Bertz CT molecular complexity index is 671. The Balaban J connectivity index is 1.51. The van der Waals surface area contributed by atoms with E-state index in [0.717, 1.165) is 51.9 Å². The first-order valence-electron chi connectivity index (χ1n) is 9.24. The van der Waals surface area contributed by atoms with Crippen LogP contribution < -0.4 is 5.32 Å². The van der Waals surface area contributed by atoms with E-state index < -0.39 is 5.82 Å². The van der Waals surface area contributed by atoms with Gasteiger partial charge in [-0.2, -0.15) is 0 Å². The lowest BCUT2D eigenvalue weighted by molar-refractivity contribution is -0.136. The first-order valence-corrected chi connectivity index (χ1v) is 9.62. The molecule has 3 rings (SSSR count). The normalized spacial score (nSPS) is 20.2. The molecule has 2 aliphatic rings. The summed E-state index contributed by atoms with van der Waals surface area (Å²) in [7, 11) is 0. The molecule has 0 radical (unpaired) electrons. The van der Waals surface area contributed by atoms with Gasteiger partial charge in [0.05, 0.1) is 16.8 Å². The van der Waals surface area contributed by atoms with Crippen LogP contribution in [0, 0.1) is 11.7 Å². The quantitative estimate of drug-likeness (QED) is 0.871. The topological polar surface area (TPSA) is 52.7 Å². The fourth-order valence-electron chi connectivity index (χ4n) is 3.72. The van der Waals surface area contributed by atoms with Crippen molar-refractivity contribution in [1.82, 2.24) is 9.80 Å². The number of nitrogens with zero attached hydrogens (tertiary/aromatic N) is 2. The second-order valence-corrected chi connectivity index (χ2v) is 7.54. The maximum absolute atomic E-state index is 13.1. The van der Waals surface area contributed by atoms with Crippen LogP contribution in [-0.4, -0.2) is 53.8 Å². The molecule has 1 aromatic carbocycles. The number of benzene rings is 1. The standard InChI is InChI=1S/C19H25ClFN3O2/c1-13(18(25)22-17-5-4-15(21)12-16(17)20)23-10-6-14(7-11-23)19(26)24-8-2-3-9-24/h4-5,12-14H,2-3,6-11H2,1H3,(H,22,25). The lowest BCUT2D eigenvalue weighted by Crippen LogP contribution is -2.48. The SMILES string of the molecule is CC(C(=O)Nc1ccc(F)cc1Cl)N1CCC(C(=O)N2CCCC2)CC1. The molecule has 0 spiro atoms. The number of carbonyl (C=O) groups is 2. The minimum Gasteiger partial charge on any atom is -0.342 e. The summed E-state index contributed by atoms with van der Waals surface area (Å²) in [5.41, 5.74) is 0.406. The van der Waals surface area contributed by atoms with Gasteiger partial charge < -0.3 is 10.2 Å². The van der Waals surface area contributed by atoms with Gasteiger partial charge in [0.25, 0.3) is 0 Å². The van der Waals surface area contributed by atoms with Crippen LogP contribution in [0.1, 0.15) is 32.6 Å². The second-order valence-electron chi connectivity index (χ2n) is 7.13. The van der Waals surface area contributed by atoms with E-state index in [2.05, 4.69) is 10.2 Å².